The van der Waals surface area contributed by atoms with E-state index in [0.29, 0.717) is 5.92 Å². The molecule has 0 amide bonds. The third-order valence-corrected chi connectivity index (χ3v) is 5.36. The first-order valence-corrected chi connectivity index (χ1v) is 8.52. The average molecular weight is 313 g/mol. The maximum Gasteiger partial charge on any atom is 0.140 e. The molecule has 3 aromatic heterocycles. The number of nitrogens with zero attached hydrogens (tertiary/aromatic N) is 5. The second kappa shape index (κ2) is 5.35. The first kappa shape index (κ1) is 13.7. The standard InChI is InChI=1S/C16H19N5S/c1-3-13-4-14-15(17-10-18-16(14)22-13)20-7-12(8-20)9-21-6-11(2)5-19-21/h4-6,10,12H,3,7-9H2,1-2H3. The van der Waals surface area contributed by atoms with Crippen molar-refractivity contribution in [2.24, 2.45) is 5.92 Å². The quantitative estimate of drug-likeness (QED) is 0.743. The second-order valence-corrected chi connectivity index (χ2v) is 7.11. The molecule has 5 nitrogen and oxygen atoms in total. The Bertz CT molecular complexity index is 800. The summed E-state index contributed by atoms with van der Waals surface area (Å²) in [6, 6.07) is 2.25. The van der Waals surface area contributed by atoms with E-state index in [1.54, 1.807) is 17.7 Å². The minimum Gasteiger partial charge on any atom is -0.355 e. The highest BCUT2D eigenvalue weighted by molar-refractivity contribution is 7.18. The van der Waals surface area contributed by atoms with Crippen molar-refractivity contribution < 1.29 is 0 Å². The van der Waals surface area contributed by atoms with Crippen LogP contribution in [0.2, 0.25) is 0 Å². The van der Waals surface area contributed by atoms with Crippen LogP contribution >= 0.6 is 11.3 Å². The van der Waals surface area contributed by atoms with Crippen molar-refractivity contribution in [3.05, 3.63) is 35.2 Å². The average Bonchev–Trinajstić information content (AvgIpc) is 3.07. The van der Waals surface area contributed by atoms with Crippen molar-refractivity contribution >= 4 is 27.4 Å². The summed E-state index contributed by atoms with van der Waals surface area (Å²) in [6.07, 6.45) is 6.78. The molecular formula is C16H19N5S. The van der Waals surface area contributed by atoms with E-state index >= 15 is 0 Å². The molecule has 4 rings (SSSR count). The van der Waals surface area contributed by atoms with Crippen LogP contribution in [0, 0.1) is 12.8 Å². The lowest BCUT2D eigenvalue weighted by Gasteiger charge is -2.40. The van der Waals surface area contributed by atoms with Gasteiger partial charge in [0, 0.05) is 36.6 Å². The summed E-state index contributed by atoms with van der Waals surface area (Å²) < 4.78 is 2.05. The van der Waals surface area contributed by atoms with Crippen LogP contribution in [-0.2, 0) is 13.0 Å². The Kier molecular flexibility index (Phi) is 3.33. The molecule has 22 heavy (non-hydrogen) atoms. The van der Waals surface area contributed by atoms with E-state index in [-0.39, 0.29) is 0 Å². The summed E-state index contributed by atoms with van der Waals surface area (Å²) in [5.41, 5.74) is 1.22. The molecule has 1 aliphatic heterocycles. The van der Waals surface area contributed by atoms with Crippen LogP contribution in [0.15, 0.2) is 24.8 Å². The Labute approximate surface area is 133 Å². The minimum absolute atomic E-state index is 0.647. The monoisotopic (exact) mass is 313 g/mol. The summed E-state index contributed by atoms with van der Waals surface area (Å²) >= 11 is 1.78. The molecule has 0 unspecified atom stereocenters. The van der Waals surface area contributed by atoms with Crippen LogP contribution < -0.4 is 4.90 Å². The second-order valence-electron chi connectivity index (χ2n) is 5.99. The summed E-state index contributed by atoms with van der Waals surface area (Å²) in [4.78, 5) is 13.8. The summed E-state index contributed by atoms with van der Waals surface area (Å²) in [5, 5.41) is 5.58. The number of hydrogen-bond donors (Lipinski definition) is 0. The fraction of sp³-hybridized carbons (Fsp3) is 0.438. The minimum atomic E-state index is 0.647. The van der Waals surface area contributed by atoms with E-state index in [0.717, 1.165) is 36.7 Å². The summed E-state index contributed by atoms with van der Waals surface area (Å²) in [7, 11) is 0. The number of aromatic nitrogens is 4. The Morgan fingerprint density at radius 1 is 1.32 bits per heavy atom. The molecule has 1 saturated heterocycles. The lowest BCUT2D eigenvalue weighted by atomic mass is 10.00. The van der Waals surface area contributed by atoms with E-state index < -0.39 is 0 Å². The van der Waals surface area contributed by atoms with Gasteiger partial charge >= 0.3 is 0 Å². The van der Waals surface area contributed by atoms with Gasteiger partial charge in [-0.3, -0.25) is 4.68 Å². The zero-order chi connectivity index (χ0) is 15.1. The molecule has 0 radical (unpaired) electrons. The molecule has 4 heterocycles. The van der Waals surface area contributed by atoms with Crippen LogP contribution in [0.5, 0.6) is 0 Å². The highest BCUT2D eigenvalue weighted by atomic mass is 32.1. The first-order valence-electron chi connectivity index (χ1n) is 7.70. The van der Waals surface area contributed by atoms with E-state index in [1.165, 1.54) is 15.8 Å². The van der Waals surface area contributed by atoms with Crippen molar-refractivity contribution in [2.45, 2.75) is 26.8 Å². The van der Waals surface area contributed by atoms with Crippen LogP contribution in [0.1, 0.15) is 17.4 Å². The van der Waals surface area contributed by atoms with Crippen molar-refractivity contribution in [1.82, 2.24) is 19.7 Å². The predicted molar refractivity (Wildman–Crippen MR) is 89.5 cm³/mol. The van der Waals surface area contributed by atoms with E-state index in [2.05, 4.69) is 46.1 Å². The van der Waals surface area contributed by atoms with Crippen LogP contribution in [0.4, 0.5) is 5.82 Å². The lowest BCUT2D eigenvalue weighted by molar-refractivity contribution is 0.341. The number of aryl methyl sites for hydroxylation is 2. The largest absolute Gasteiger partial charge is 0.355 e. The number of rotatable bonds is 4. The summed E-state index contributed by atoms with van der Waals surface area (Å²) in [6.45, 7) is 7.34. The predicted octanol–water partition coefficient (Wildman–Crippen LogP) is 2.90. The van der Waals surface area contributed by atoms with Crippen molar-refractivity contribution in [3.8, 4) is 0 Å². The highest BCUT2D eigenvalue weighted by Crippen LogP contribution is 2.33. The smallest absolute Gasteiger partial charge is 0.140 e. The maximum atomic E-state index is 4.52. The van der Waals surface area contributed by atoms with Gasteiger partial charge in [0.25, 0.3) is 0 Å². The number of fused-ring (bicyclic) bond motifs is 1. The number of anilines is 1. The van der Waals surface area contributed by atoms with Gasteiger partial charge < -0.3 is 4.90 Å². The fourth-order valence-electron chi connectivity index (χ4n) is 3.01. The van der Waals surface area contributed by atoms with Gasteiger partial charge in [-0.1, -0.05) is 6.92 Å². The lowest BCUT2D eigenvalue weighted by Crippen LogP contribution is -2.49. The molecule has 1 fully saturated rings. The fourth-order valence-corrected chi connectivity index (χ4v) is 3.94. The van der Waals surface area contributed by atoms with Crippen molar-refractivity contribution in [2.75, 3.05) is 18.0 Å². The van der Waals surface area contributed by atoms with Crippen molar-refractivity contribution in [3.63, 3.8) is 0 Å². The van der Waals surface area contributed by atoms with Crippen LogP contribution in [-0.4, -0.2) is 32.8 Å². The van der Waals surface area contributed by atoms with Gasteiger partial charge in [0.15, 0.2) is 0 Å². The zero-order valence-electron chi connectivity index (χ0n) is 12.9. The van der Waals surface area contributed by atoms with Gasteiger partial charge in [-0.2, -0.15) is 5.10 Å². The first-order chi connectivity index (χ1) is 10.7. The van der Waals surface area contributed by atoms with E-state index in [4.69, 9.17) is 0 Å². The zero-order valence-corrected chi connectivity index (χ0v) is 13.7. The Morgan fingerprint density at radius 3 is 2.91 bits per heavy atom. The van der Waals surface area contributed by atoms with Gasteiger partial charge in [0.05, 0.1) is 11.6 Å². The molecule has 0 bridgehead atoms. The molecule has 114 valence electrons. The van der Waals surface area contributed by atoms with Gasteiger partial charge in [-0.15, -0.1) is 11.3 Å². The van der Waals surface area contributed by atoms with Gasteiger partial charge in [-0.05, 0) is 25.0 Å². The number of thiophene rings is 1. The van der Waals surface area contributed by atoms with E-state index in [1.807, 2.05) is 10.9 Å². The third-order valence-electron chi connectivity index (χ3n) is 4.17. The molecule has 3 aromatic rings. The highest BCUT2D eigenvalue weighted by Gasteiger charge is 2.29. The van der Waals surface area contributed by atoms with Crippen LogP contribution in [0.3, 0.4) is 0 Å². The molecule has 0 spiro atoms. The molecule has 0 atom stereocenters. The van der Waals surface area contributed by atoms with Crippen LogP contribution in [0.25, 0.3) is 10.2 Å². The van der Waals surface area contributed by atoms with E-state index in [9.17, 15) is 0 Å². The summed E-state index contributed by atoms with van der Waals surface area (Å²) in [5.74, 6) is 1.74. The van der Waals surface area contributed by atoms with Gasteiger partial charge in [0.1, 0.15) is 17.0 Å². The molecule has 0 aliphatic carbocycles. The molecule has 6 heteroatoms. The Hall–Kier alpha value is -1.95. The number of hydrogen-bond acceptors (Lipinski definition) is 5. The molecule has 0 aromatic carbocycles. The SMILES string of the molecule is CCc1cc2c(N3CC(Cn4cc(C)cn4)C3)ncnc2s1. The maximum absolute atomic E-state index is 4.52. The third kappa shape index (κ3) is 2.37. The normalized spacial score (nSPS) is 15.5. The van der Waals surface area contributed by atoms with Gasteiger partial charge in [-0.25, -0.2) is 9.97 Å². The molecule has 1 aliphatic rings. The Morgan fingerprint density at radius 2 is 2.18 bits per heavy atom. The molecule has 0 saturated carbocycles. The Balaban J connectivity index is 1.49. The topological polar surface area (TPSA) is 46.8 Å². The molecule has 0 N–H and O–H groups in total. The molecular weight excluding hydrogens is 294 g/mol. The van der Waals surface area contributed by atoms with Gasteiger partial charge in [0.2, 0.25) is 0 Å². The van der Waals surface area contributed by atoms with Crippen molar-refractivity contribution in [1.29, 1.82) is 0 Å².